The zero-order valence-electron chi connectivity index (χ0n) is 12.8. The van der Waals surface area contributed by atoms with Crippen molar-refractivity contribution in [3.63, 3.8) is 0 Å². The molecule has 24 heavy (non-hydrogen) atoms. The number of halogens is 2. The lowest BCUT2D eigenvalue weighted by molar-refractivity contribution is 0.355. The molecule has 0 fully saturated rings. The van der Waals surface area contributed by atoms with Crippen molar-refractivity contribution in [1.82, 2.24) is 14.9 Å². The summed E-state index contributed by atoms with van der Waals surface area (Å²) in [6.07, 6.45) is 4.20. The molecular weight excluding hydrogens is 430 g/mol. The molecule has 0 atom stereocenters. The Hall–Kier alpha value is -1.85. The van der Waals surface area contributed by atoms with E-state index in [1.165, 1.54) is 5.56 Å². The maximum atomic E-state index is 4.73. The second-order valence-electron chi connectivity index (χ2n) is 5.78. The van der Waals surface area contributed by atoms with Crippen molar-refractivity contribution in [2.75, 3.05) is 0 Å². The predicted molar refractivity (Wildman–Crippen MR) is 104 cm³/mol. The van der Waals surface area contributed by atoms with Crippen LogP contribution in [0.2, 0.25) is 0 Å². The number of aromatic amines is 1. The van der Waals surface area contributed by atoms with Crippen molar-refractivity contribution in [1.29, 1.82) is 0 Å². The molecule has 3 aromatic rings. The van der Waals surface area contributed by atoms with E-state index >= 15 is 0 Å². The molecule has 0 amide bonds. The van der Waals surface area contributed by atoms with Gasteiger partial charge >= 0.3 is 0 Å². The summed E-state index contributed by atoms with van der Waals surface area (Å²) in [6.45, 7) is 1.71. The molecular formula is C19H15Br2N3. The third-order valence-electron chi connectivity index (χ3n) is 4.04. The minimum absolute atomic E-state index is 0.833. The predicted octanol–water partition coefficient (Wildman–Crippen LogP) is 5.59. The van der Waals surface area contributed by atoms with Gasteiger partial charge in [-0.2, -0.15) is 0 Å². The molecule has 4 rings (SSSR count). The Morgan fingerprint density at radius 1 is 1.04 bits per heavy atom. The van der Waals surface area contributed by atoms with E-state index in [2.05, 4.69) is 84.4 Å². The SMILES string of the molecule is Brc1ccc(CN2C=Cc3nc(-c4ccccc4Br)[nH]c3C2)cc1. The van der Waals surface area contributed by atoms with Crippen LogP contribution < -0.4 is 0 Å². The number of imidazole rings is 1. The van der Waals surface area contributed by atoms with Crippen molar-refractivity contribution in [3.05, 3.63) is 80.6 Å². The Morgan fingerprint density at radius 2 is 1.83 bits per heavy atom. The highest BCUT2D eigenvalue weighted by atomic mass is 79.9. The number of nitrogens with zero attached hydrogens (tertiary/aromatic N) is 2. The van der Waals surface area contributed by atoms with Gasteiger partial charge in [0.05, 0.1) is 17.9 Å². The molecule has 5 heteroatoms. The van der Waals surface area contributed by atoms with Gasteiger partial charge in [0.1, 0.15) is 5.82 Å². The van der Waals surface area contributed by atoms with Crippen LogP contribution in [0.5, 0.6) is 0 Å². The smallest absolute Gasteiger partial charge is 0.139 e. The van der Waals surface area contributed by atoms with Crippen LogP contribution in [-0.4, -0.2) is 14.9 Å². The maximum Gasteiger partial charge on any atom is 0.139 e. The molecule has 0 spiro atoms. The van der Waals surface area contributed by atoms with Gasteiger partial charge in [-0.1, -0.05) is 62.2 Å². The first kappa shape index (κ1) is 15.7. The summed E-state index contributed by atoms with van der Waals surface area (Å²) < 4.78 is 2.15. The van der Waals surface area contributed by atoms with Crippen molar-refractivity contribution >= 4 is 37.9 Å². The largest absolute Gasteiger partial charge is 0.367 e. The fourth-order valence-electron chi connectivity index (χ4n) is 2.83. The summed E-state index contributed by atoms with van der Waals surface area (Å²) in [6, 6.07) is 16.6. The van der Waals surface area contributed by atoms with Gasteiger partial charge in [-0.05, 0) is 29.8 Å². The molecule has 0 saturated heterocycles. The Bertz CT molecular complexity index is 897. The van der Waals surface area contributed by atoms with Crippen molar-refractivity contribution in [3.8, 4) is 11.4 Å². The molecule has 1 aliphatic rings. The van der Waals surface area contributed by atoms with E-state index in [-0.39, 0.29) is 0 Å². The highest BCUT2D eigenvalue weighted by Gasteiger charge is 2.17. The van der Waals surface area contributed by atoms with Crippen LogP contribution in [0.15, 0.2) is 63.7 Å². The number of aromatic nitrogens is 2. The lowest BCUT2D eigenvalue weighted by atomic mass is 10.2. The number of rotatable bonds is 3. The molecule has 1 aliphatic heterocycles. The van der Waals surface area contributed by atoms with Gasteiger partial charge in [-0.3, -0.25) is 0 Å². The van der Waals surface area contributed by atoms with Crippen LogP contribution in [0, 0.1) is 0 Å². The van der Waals surface area contributed by atoms with E-state index in [1.807, 2.05) is 18.2 Å². The summed E-state index contributed by atoms with van der Waals surface area (Å²) in [7, 11) is 0. The van der Waals surface area contributed by atoms with E-state index in [4.69, 9.17) is 4.98 Å². The molecule has 0 aliphatic carbocycles. The quantitative estimate of drug-likeness (QED) is 0.571. The number of hydrogen-bond donors (Lipinski definition) is 1. The molecule has 1 aromatic heterocycles. The molecule has 1 N–H and O–H groups in total. The van der Waals surface area contributed by atoms with Crippen LogP contribution >= 0.6 is 31.9 Å². The van der Waals surface area contributed by atoms with Crippen LogP contribution in [0.3, 0.4) is 0 Å². The molecule has 2 aromatic carbocycles. The van der Waals surface area contributed by atoms with Crippen molar-refractivity contribution < 1.29 is 0 Å². The molecule has 0 radical (unpaired) electrons. The van der Waals surface area contributed by atoms with Crippen LogP contribution in [0.4, 0.5) is 0 Å². The summed E-state index contributed by atoms with van der Waals surface area (Å²) in [5.41, 5.74) is 4.55. The number of fused-ring (bicyclic) bond motifs is 1. The Kier molecular flexibility index (Phi) is 4.29. The highest BCUT2D eigenvalue weighted by Crippen LogP contribution is 2.29. The Labute approximate surface area is 157 Å². The van der Waals surface area contributed by atoms with Gasteiger partial charge in [0.15, 0.2) is 0 Å². The first-order valence-corrected chi connectivity index (χ1v) is 9.28. The highest BCUT2D eigenvalue weighted by molar-refractivity contribution is 9.10. The Morgan fingerprint density at radius 3 is 2.62 bits per heavy atom. The normalized spacial score (nSPS) is 13.2. The minimum atomic E-state index is 0.833. The number of benzene rings is 2. The van der Waals surface area contributed by atoms with E-state index < -0.39 is 0 Å². The number of H-pyrrole nitrogens is 1. The fourth-order valence-corrected chi connectivity index (χ4v) is 3.56. The van der Waals surface area contributed by atoms with Gasteiger partial charge in [-0.15, -0.1) is 0 Å². The van der Waals surface area contributed by atoms with Gasteiger partial charge in [0.2, 0.25) is 0 Å². The average molecular weight is 445 g/mol. The summed E-state index contributed by atoms with van der Waals surface area (Å²) in [5.74, 6) is 0.905. The van der Waals surface area contributed by atoms with Gasteiger partial charge in [0.25, 0.3) is 0 Å². The second-order valence-corrected chi connectivity index (χ2v) is 7.55. The third kappa shape index (κ3) is 3.19. The first-order valence-electron chi connectivity index (χ1n) is 7.69. The van der Waals surface area contributed by atoms with E-state index in [9.17, 15) is 0 Å². The van der Waals surface area contributed by atoms with E-state index in [1.54, 1.807) is 0 Å². The molecule has 0 bridgehead atoms. The molecule has 0 saturated carbocycles. The first-order chi connectivity index (χ1) is 11.7. The van der Waals surface area contributed by atoms with Crippen molar-refractivity contribution in [2.45, 2.75) is 13.1 Å². The standard InChI is InChI=1S/C19H15Br2N3/c20-14-7-5-13(6-8-14)11-24-10-9-17-18(12-24)23-19(22-17)15-3-1-2-4-16(15)21/h1-10H,11-12H2,(H,22,23). The zero-order chi connectivity index (χ0) is 16.5. The summed E-state index contributed by atoms with van der Waals surface area (Å²) >= 11 is 7.07. The van der Waals surface area contributed by atoms with E-state index in [0.717, 1.165) is 44.8 Å². The van der Waals surface area contributed by atoms with Gasteiger partial charge in [0, 0.05) is 27.3 Å². The molecule has 2 heterocycles. The van der Waals surface area contributed by atoms with Crippen LogP contribution in [-0.2, 0) is 13.1 Å². The lowest BCUT2D eigenvalue weighted by Gasteiger charge is -2.23. The number of hydrogen-bond acceptors (Lipinski definition) is 2. The molecule has 120 valence electrons. The van der Waals surface area contributed by atoms with Crippen LogP contribution in [0.1, 0.15) is 17.0 Å². The van der Waals surface area contributed by atoms with E-state index in [0.29, 0.717) is 0 Å². The summed E-state index contributed by atoms with van der Waals surface area (Å²) in [5, 5.41) is 0. The lowest BCUT2D eigenvalue weighted by Crippen LogP contribution is -2.19. The van der Waals surface area contributed by atoms with Crippen LogP contribution in [0.25, 0.3) is 17.5 Å². The molecule has 0 unspecified atom stereocenters. The topological polar surface area (TPSA) is 31.9 Å². The molecule has 3 nitrogen and oxygen atoms in total. The average Bonchev–Trinajstić information content (AvgIpc) is 3.00. The zero-order valence-corrected chi connectivity index (χ0v) is 16.0. The maximum absolute atomic E-state index is 4.73. The minimum Gasteiger partial charge on any atom is -0.367 e. The van der Waals surface area contributed by atoms with Gasteiger partial charge in [-0.25, -0.2) is 4.98 Å². The fraction of sp³-hybridized carbons (Fsp3) is 0.105. The Balaban J connectivity index is 1.55. The third-order valence-corrected chi connectivity index (χ3v) is 5.26. The van der Waals surface area contributed by atoms with Crippen molar-refractivity contribution in [2.24, 2.45) is 0 Å². The monoisotopic (exact) mass is 443 g/mol. The summed E-state index contributed by atoms with van der Waals surface area (Å²) in [4.78, 5) is 10.5. The number of nitrogens with one attached hydrogen (secondary N) is 1. The van der Waals surface area contributed by atoms with Gasteiger partial charge < -0.3 is 9.88 Å². The second kappa shape index (κ2) is 6.57.